The van der Waals surface area contributed by atoms with Crippen molar-refractivity contribution in [3.05, 3.63) is 24.4 Å². The van der Waals surface area contributed by atoms with E-state index in [1.807, 2.05) is 19.1 Å². The number of hydrogen-bond acceptors (Lipinski definition) is 4. The van der Waals surface area contributed by atoms with Gasteiger partial charge < -0.3 is 10.6 Å². The van der Waals surface area contributed by atoms with Crippen molar-refractivity contribution >= 4 is 11.7 Å². The van der Waals surface area contributed by atoms with Crippen molar-refractivity contribution in [1.82, 2.24) is 15.2 Å². The van der Waals surface area contributed by atoms with Gasteiger partial charge in [0.05, 0.1) is 6.04 Å². The van der Waals surface area contributed by atoms with Gasteiger partial charge in [-0.25, -0.2) is 4.98 Å². The number of aromatic nitrogens is 1. The lowest BCUT2D eigenvalue weighted by Gasteiger charge is -2.31. The van der Waals surface area contributed by atoms with E-state index in [1.54, 1.807) is 12.3 Å². The predicted molar refractivity (Wildman–Crippen MR) is 66.8 cm³/mol. The number of rotatable bonds is 3. The van der Waals surface area contributed by atoms with Crippen LogP contribution in [0.5, 0.6) is 0 Å². The molecule has 1 aromatic heterocycles. The molecular formula is C12H18N4O. The van der Waals surface area contributed by atoms with Crippen LogP contribution in [0, 0.1) is 0 Å². The normalized spacial score (nSPS) is 18.6. The summed E-state index contributed by atoms with van der Waals surface area (Å²) < 4.78 is 0. The number of piperazine rings is 1. The Kier molecular flexibility index (Phi) is 4.06. The van der Waals surface area contributed by atoms with Crippen LogP contribution in [-0.4, -0.2) is 48.0 Å². The maximum atomic E-state index is 12.0. The molecule has 0 bridgehead atoms. The van der Waals surface area contributed by atoms with Crippen molar-refractivity contribution in [1.29, 1.82) is 0 Å². The number of amides is 1. The molecule has 0 spiro atoms. The number of pyridine rings is 1. The highest BCUT2D eigenvalue weighted by molar-refractivity contribution is 5.93. The fourth-order valence-electron chi connectivity index (χ4n) is 1.90. The first-order valence-electron chi connectivity index (χ1n) is 5.94. The van der Waals surface area contributed by atoms with E-state index in [0.29, 0.717) is 5.82 Å². The lowest BCUT2D eigenvalue weighted by atomic mass is 10.2. The summed E-state index contributed by atoms with van der Waals surface area (Å²) in [6.07, 6.45) is 1.67. The molecule has 2 N–H and O–H groups in total. The molecule has 1 aliphatic rings. The van der Waals surface area contributed by atoms with Crippen LogP contribution in [0.4, 0.5) is 5.82 Å². The van der Waals surface area contributed by atoms with Gasteiger partial charge in [-0.1, -0.05) is 6.07 Å². The molecule has 1 unspecified atom stereocenters. The molecule has 0 aliphatic carbocycles. The first kappa shape index (κ1) is 12.0. The third-order valence-corrected chi connectivity index (χ3v) is 2.99. The van der Waals surface area contributed by atoms with E-state index in [-0.39, 0.29) is 11.9 Å². The zero-order chi connectivity index (χ0) is 12.1. The molecule has 0 radical (unpaired) electrons. The van der Waals surface area contributed by atoms with Crippen molar-refractivity contribution in [2.75, 3.05) is 31.5 Å². The Labute approximate surface area is 101 Å². The molecule has 1 saturated heterocycles. The zero-order valence-electron chi connectivity index (χ0n) is 10.0. The Morgan fingerprint density at radius 1 is 1.47 bits per heavy atom. The number of nitrogens with one attached hydrogen (secondary N) is 2. The molecule has 2 rings (SSSR count). The topological polar surface area (TPSA) is 57.3 Å². The third-order valence-electron chi connectivity index (χ3n) is 2.99. The summed E-state index contributed by atoms with van der Waals surface area (Å²) in [6, 6.07) is 5.37. The molecule has 1 aromatic rings. The summed E-state index contributed by atoms with van der Waals surface area (Å²) in [6.45, 7) is 5.65. The van der Waals surface area contributed by atoms with Crippen LogP contribution in [0.25, 0.3) is 0 Å². The average molecular weight is 234 g/mol. The van der Waals surface area contributed by atoms with E-state index in [9.17, 15) is 4.79 Å². The Bertz CT molecular complexity index is 362. The van der Waals surface area contributed by atoms with Gasteiger partial charge in [0.15, 0.2) is 0 Å². The van der Waals surface area contributed by atoms with Gasteiger partial charge in [-0.3, -0.25) is 9.69 Å². The molecule has 1 atom stereocenters. The first-order valence-corrected chi connectivity index (χ1v) is 5.94. The fourth-order valence-corrected chi connectivity index (χ4v) is 1.90. The largest absolute Gasteiger partial charge is 0.314 e. The Balaban J connectivity index is 1.90. The third kappa shape index (κ3) is 3.25. The van der Waals surface area contributed by atoms with Crippen molar-refractivity contribution in [2.24, 2.45) is 0 Å². The molecule has 1 fully saturated rings. The zero-order valence-corrected chi connectivity index (χ0v) is 10.0. The molecule has 92 valence electrons. The average Bonchev–Trinajstić information content (AvgIpc) is 2.40. The van der Waals surface area contributed by atoms with Crippen molar-refractivity contribution < 1.29 is 4.79 Å². The van der Waals surface area contributed by atoms with Crippen molar-refractivity contribution in [3.8, 4) is 0 Å². The summed E-state index contributed by atoms with van der Waals surface area (Å²) in [5.41, 5.74) is 0. The monoisotopic (exact) mass is 234 g/mol. The lowest BCUT2D eigenvalue weighted by Crippen LogP contribution is -2.51. The molecule has 2 heterocycles. The van der Waals surface area contributed by atoms with E-state index in [1.165, 1.54) is 0 Å². The van der Waals surface area contributed by atoms with E-state index in [2.05, 4.69) is 20.5 Å². The molecule has 5 nitrogen and oxygen atoms in total. The summed E-state index contributed by atoms with van der Waals surface area (Å²) in [5, 5.41) is 6.10. The van der Waals surface area contributed by atoms with Crippen LogP contribution in [-0.2, 0) is 4.79 Å². The number of hydrogen-bond donors (Lipinski definition) is 2. The van der Waals surface area contributed by atoms with E-state index < -0.39 is 0 Å². The SMILES string of the molecule is CC(C(=O)Nc1ccccn1)N1CCNCC1. The van der Waals surface area contributed by atoms with Gasteiger partial charge >= 0.3 is 0 Å². The van der Waals surface area contributed by atoms with Crippen LogP contribution >= 0.6 is 0 Å². The Morgan fingerprint density at radius 3 is 2.88 bits per heavy atom. The second-order valence-electron chi connectivity index (χ2n) is 4.17. The number of carbonyl (C=O) groups excluding carboxylic acids is 1. The lowest BCUT2D eigenvalue weighted by molar-refractivity contribution is -0.121. The summed E-state index contributed by atoms with van der Waals surface area (Å²) in [7, 11) is 0. The van der Waals surface area contributed by atoms with Gasteiger partial charge in [0.1, 0.15) is 5.82 Å². The molecule has 0 aromatic carbocycles. The standard InChI is InChI=1S/C12H18N4O/c1-10(16-8-6-13-7-9-16)12(17)15-11-4-2-3-5-14-11/h2-5,10,13H,6-9H2,1H3,(H,14,15,17). The highest BCUT2D eigenvalue weighted by atomic mass is 16.2. The number of carbonyl (C=O) groups is 1. The molecule has 1 amide bonds. The minimum absolute atomic E-state index is 0.00519. The van der Waals surface area contributed by atoms with Crippen molar-refractivity contribution in [2.45, 2.75) is 13.0 Å². The van der Waals surface area contributed by atoms with Gasteiger partial charge in [-0.05, 0) is 19.1 Å². The summed E-state index contributed by atoms with van der Waals surface area (Å²) in [5.74, 6) is 0.616. The quantitative estimate of drug-likeness (QED) is 0.790. The van der Waals surface area contributed by atoms with Gasteiger partial charge in [0, 0.05) is 32.4 Å². The second-order valence-corrected chi connectivity index (χ2v) is 4.17. The highest BCUT2D eigenvalue weighted by Gasteiger charge is 2.22. The molecule has 5 heteroatoms. The maximum Gasteiger partial charge on any atom is 0.242 e. The van der Waals surface area contributed by atoms with Gasteiger partial charge in [0.25, 0.3) is 0 Å². The van der Waals surface area contributed by atoms with Crippen LogP contribution < -0.4 is 10.6 Å². The number of nitrogens with zero attached hydrogens (tertiary/aromatic N) is 2. The Morgan fingerprint density at radius 2 is 2.24 bits per heavy atom. The number of anilines is 1. The Hall–Kier alpha value is -1.46. The maximum absolute atomic E-state index is 12.0. The van der Waals surface area contributed by atoms with Gasteiger partial charge in [0.2, 0.25) is 5.91 Å². The van der Waals surface area contributed by atoms with Crippen molar-refractivity contribution in [3.63, 3.8) is 0 Å². The predicted octanol–water partition coefficient (Wildman–Crippen LogP) is 0.314. The smallest absolute Gasteiger partial charge is 0.242 e. The van der Waals surface area contributed by atoms with E-state index in [4.69, 9.17) is 0 Å². The highest BCUT2D eigenvalue weighted by Crippen LogP contribution is 2.05. The second kappa shape index (κ2) is 5.75. The van der Waals surface area contributed by atoms with Gasteiger partial charge in [-0.2, -0.15) is 0 Å². The fraction of sp³-hybridized carbons (Fsp3) is 0.500. The van der Waals surface area contributed by atoms with Crippen LogP contribution in [0.2, 0.25) is 0 Å². The van der Waals surface area contributed by atoms with E-state index in [0.717, 1.165) is 26.2 Å². The molecular weight excluding hydrogens is 216 g/mol. The summed E-state index contributed by atoms with van der Waals surface area (Å²) in [4.78, 5) is 18.3. The van der Waals surface area contributed by atoms with Crippen LogP contribution in [0.1, 0.15) is 6.92 Å². The molecule has 0 saturated carbocycles. The minimum atomic E-state index is -0.112. The summed E-state index contributed by atoms with van der Waals surface area (Å²) >= 11 is 0. The molecule has 17 heavy (non-hydrogen) atoms. The minimum Gasteiger partial charge on any atom is -0.314 e. The van der Waals surface area contributed by atoms with Crippen LogP contribution in [0.15, 0.2) is 24.4 Å². The van der Waals surface area contributed by atoms with Gasteiger partial charge in [-0.15, -0.1) is 0 Å². The van der Waals surface area contributed by atoms with E-state index >= 15 is 0 Å². The van der Waals surface area contributed by atoms with Crippen LogP contribution in [0.3, 0.4) is 0 Å². The molecule has 1 aliphatic heterocycles. The first-order chi connectivity index (χ1) is 8.27.